The molecule has 6 heteroatoms. The summed E-state index contributed by atoms with van der Waals surface area (Å²) in [6.07, 6.45) is 5.49. The van der Waals surface area contributed by atoms with E-state index >= 15 is 0 Å². The van der Waals surface area contributed by atoms with E-state index in [1.807, 2.05) is 24.3 Å². The Morgan fingerprint density at radius 3 is 2.62 bits per heavy atom. The second kappa shape index (κ2) is 10.3. The lowest BCUT2D eigenvalue weighted by Gasteiger charge is -2.21. The van der Waals surface area contributed by atoms with Crippen LogP contribution in [0.15, 0.2) is 24.3 Å². The number of hydrogen-bond donors (Lipinski definition) is 3. The van der Waals surface area contributed by atoms with Crippen LogP contribution >= 0.6 is 12.4 Å². The molecular weight excluding hydrogens is 326 g/mol. The van der Waals surface area contributed by atoms with Crippen LogP contribution < -0.4 is 16.4 Å². The second-order valence-electron chi connectivity index (χ2n) is 6.38. The molecule has 2 rings (SSSR count). The highest BCUT2D eigenvalue weighted by Gasteiger charge is 2.21. The number of amides is 2. The van der Waals surface area contributed by atoms with Crippen LogP contribution in [0.3, 0.4) is 0 Å². The summed E-state index contributed by atoms with van der Waals surface area (Å²) in [5.41, 5.74) is 7.24. The molecule has 1 aliphatic carbocycles. The van der Waals surface area contributed by atoms with Crippen LogP contribution in [0, 0.1) is 11.8 Å². The lowest BCUT2D eigenvalue weighted by molar-refractivity contribution is -0.124. The highest BCUT2D eigenvalue weighted by molar-refractivity contribution is 5.92. The Morgan fingerprint density at radius 1 is 1.25 bits per heavy atom. The maximum atomic E-state index is 12.3. The van der Waals surface area contributed by atoms with E-state index in [9.17, 15) is 9.59 Å². The van der Waals surface area contributed by atoms with Gasteiger partial charge in [-0.3, -0.25) is 9.59 Å². The van der Waals surface area contributed by atoms with E-state index in [1.165, 1.54) is 6.42 Å². The molecule has 5 nitrogen and oxygen atoms in total. The second-order valence-corrected chi connectivity index (χ2v) is 6.38. The van der Waals surface area contributed by atoms with Crippen LogP contribution in [0.2, 0.25) is 0 Å². The minimum absolute atomic E-state index is 0. The summed E-state index contributed by atoms with van der Waals surface area (Å²) in [6.45, 7) is 2.58. The number of nitrogens with two attached hydrogens (primary N) is 1. The van der Waals surface area contributed by atoms with Crippen LogP contribution in [-0.4, -0.2) is 18.4 Å². The zero-order valence-corrected chi connectivity index (χ0v) is 15.0. The van der Waals surface area contributed by atoms with E-state index < -0.39 is 0 Å². The fourth-order valence-corrected chi connectivity index (χ4v) is 2.84. The molecule has 0 heterocycles. The zero-order valence-electron chi connectivity index (χ0n) is 14.2. The monoisotopic (exact) mass is 353 g/mol. The Morgan fingerprint density at radius 2 is 1.96 bits per heavy atom. The van der Waals surface area contributed by atoms with E-state index in [2.05, 4.69) is 10.6 Å². The van der Waals surface area contributed by atoms with Gasteiger partial charge in [-0.15, -0.1) is 12.4 Å². The predicted octanol–water partition coefficient (Wildman–Crippen LogP) is 2.84. The smallest absolute Gasteiger partial charge is 0.227 e. The van der Waals surface area contributed by atoms with Crippen molar-refractivity contribution in [1.82, 2.24) is 5.32 Å². The Kier molecular flexibility index (Phi) is 8.79. The summed E-state index contributed by atoms with van der Waals surface area (Å²) in [5, 5.41) is 5.86. The van der Waals surface area contributed by atoms with Crippen LogP contribution in [0.5, 0.6) is 0 Å². The van der Waals surface area contributed by atoms with Crippen LogP contribution in [-0.2, 0) is 16.1 Å². The Hall–Kier alpha value is -1.59. The van der Waals surface area contributed by atoms with Gasteiger partial charge >= 0.3 is 0 Å². The maximum Gasteiger partial charge on any atom is 0.227 e. The molecule has 134 valence electrons. The van der Waals surface area contributed by atoms with E-state index in [0.29, 0.717) is 13.1 Å². The van der Waals surface area contributed by atoms with Gasteiger partial charge in [0.2, 0.25) is 11.8 Å². The van der Waals surface area contributed by atoms with Gasteiger partial charge in [0, 0.05) is 30.6 Å². The standard InChI is InChI=1S/C18H27N3O2.ClH/c1-13(11-19)17(22)20-12-14-6-5-9-16(10-14)21-18(23)15-7-3-2-4-8-15;/h5-6,9-10,13,15H,2-4,7-8,11-12,19H2,1H3,(H,20,22)(H,21,23);1H. The number of halogens is 1. The first-order valence-electron chi connectivity index (χ1n) is 8.47. The minimum Gasteiger partial charge on any atom is -0.352 e. The molecule has 1 fully saturated rings. The summed E-state index contributed by atoms with van der Waals surface area (Å²) in [4.78, 5) is 24.0. The van der Waals surface area contributed by atoms with Gasteiger partial charge in [-0.1, -0.05) is 38.3 Å². The van der Waals surface area contributed by atoms with E-state index in [0.717, 1.165) is 36.9 Å². The Labute approximate surface area is 150 Å². The van der Waals surface area contributed by atoms with Crippen molar-refractivity contribution < 1.29 is 9.59 Å². The Balaban J connectivity index is 0.00000288. The van der Waals surface area contributed by atoms with Crippen molar-refractivity contribution in [1.29, 1.82) is 0 Å². The van der Waals surface area contributed by atoms with Crippen molar-refractivity contribution in [3.8, 4) is 0 Å². The largest absolute Gasteiger partial charge is 0.352 e. The first-order valence-corrected chi connectivity index (χ1v) is 8.47. The molecule has 1 saturated carbocycles. The third kappa shape index (κ3) is 6.13. The van der Waals surface area contributed by atoms with Gasteiger partial charge in [-0.2, -0.15) is 0 Å². The van der Waals surface area contributed by atoms with Gasteiger partial charge < -0.3 is 16.4 Å². The summed E-state index contributed by atoms with van der Waals surface area (Å²) < 4.78 is 0. The molecule has 0 aromatic heterocycles. The van der Waals surface area contributed by atoms with Crippen molar-refractivity contribution in [2.24, 2.45) is 17.6 Å². The van der Waals surface area contributed by atoms with Crippen molar-refractivity contribution in [3.63, 3.8) is 0 Å². The van der Waals surface area contributed by atoms with Crippen LogP contribution in [0.25, 0.3) is 0 Å². The van der Waals surface area contributed by atoms with Crippen molar-refractivity contribution >= 4 is 29.9 Å². The number of nitrogens with one attached hydrogen (secondary N) is 2. The lowest BCUT2D eigenvalue weighted by atomic mass is 9.88. The van der Waals surface area contributed by atoms with Crippen molar-refractivity contribution in [3.05, 3.63) is 29.8 Å². The molecule has 0 bridgehead atoms. The molecule has 1 unspecified atom stereocenters. The molecule has 0 saturated heterocycles. The Bertz CT molecular complexity index is 545. The third-order valence-electron chi connectivity index (χ3n) is 4.44. The van der Waals surface area contributed by atoms with Gasteiger partial charge in [0.05, 0.1) is 0 Å². The fraction of sp³-hybridized carbons (Fsp3) is 0.556. The molecule has 1 aromatic rings. The molecule has 0 spiro atoms. The summed E-state index contributed by atoms with van der Waals surface area (Å²) in [7, 11) is 0. The average molecular weight is 354 g/mol. The van der Waals surface area contributed by atoms with Gasteiger partial charge in [0.15, 0.2) is 0 Å². The summed E-state index contributed by atoms with van der Waals surface area (Å²) >= 11 is 0. The minimum atomic E-state index is -0.191. The number of anilines is 1. The number of carbonyl (C=O) groups is 2. The first kappa shape index (κ1) is 20.5. The first-order chi connectivity index (χ1) is 11.1. The van der Waals surface area contributed by atoms with E-state index in [-0.39, 0.29) is 36.1 Å². The topological polar surface area (TPSA) is 84.2 Å². The fourth-order valence-electron chi connectivity index (χ4n) is 2.84. The lowest BCUT2D eigenvalue weighted by Crippen LogP contribution is -2.32. The molecule has 1 atom stereocenters. The SMILES string of the molecule is CC(CN)C(=O)NCc1cccc(NC(=O)C2CCCCC2)c1.Cl. The molecule has 0 radical (unpaired) electrons. The van der Waals surface area contributed by atoms with Gasteiger partial charge in [-0.25, -0.2) is 0 Å². The highest BCUT2D eigenvalue weighted by atomic mass is 35.5. The third-order valence-corrected chi connectivity index (χ3v) is 4.44. The van der Waals surface area contributed by atoms with Crippen LogP contribution in [0.1, 0.15) is 44.6 Å². The van der Waals surface area contributed by atoms with Crippen molar-refractivity contribution in [2.75, 3.05) is 11.9 Å². The zero-order chi connectivity index (χ0) is 16.7. The number of rotatable bonds is 6. The summed E-state index contributed by atoms with van der Waals surface area (Å²) in [5.74, 6) is 0.00786. The van der Waals surface area contributed by atoms with Crippen molar-refractivity contribution in [2.45, 2.75) is 45.6 Å². The molecular formula is C18H28ClN3O2. The van der Waals surface area contributed by atoms with Gasteiger partial charge in [-0.05, 0) is 30.5 Å². The van der Waals surface area contributed by atoms with Gasteiger partial charge in [0.1, 0.15) is 0 Å². The number of hydrogen-bond acceptors (Lipinski definition) is 3. The maximum absolute atomic E-state index is 12.3. The van der Waals surface area contributed by atoms with E-state index in [4.69, 9.17) is 5.73 Å². The molecule has 4 N–H and O–H groups in total. The number of benzene rings is 1. The van der Waals surface area contributed by atoms with E-state index in [1.54, 1.807) is 6.92 Å². The quantitative estimate of drug-likeness (QED) is 0.735. The molecule has 1 aliphatic rings. The normalized spacial score (nSPS) is 15.9. The highest BCUT2D eigenvalue weighted by Crippen LogP contribution is 2.25. The molecule has 2 amide bonds. The van der Waals surface area contributed by atoms with Crippen LogP contribution in [0.4, 0.5) is 5.69 Å². The van der Waals surface area contributed by atoms with Gasteiger partial charge in [0.25, 0.3) is 0 Å². The molecule has 0 aliphatic heterocycles. The summed E-state index contributed by atoms with van der Waals surface area (Å²) in [6, 6.07) is 7.62. The average Bonchev–Trinajstić information content (AvgIpc) is 2.60. The molecule has 1 aromatic carbocycles. The molecule has 24 heavy (non-hydrogen) atoms. The number of carbonyl (C=O) groups excluding carboxylic acids is 2. The predicted molar refractivity (Wildman–Crippen MR) is 99.0 cm³/mol.